The number of aryl methyl sites for hydroxylation is 1. The van der Waals surface area contributed by atoms with Crippen molar-refractivity contribution in [2.45, 2.75) is 38.8 Å². The van der Waals surface area contributed by atoms with Gasteiger partial charge in [-0.25, -0.2) is 9.97 Å². The van der Waals surface area contributed by atoms with Gasteiger partial charge >= 0.3 is 0 Å². The van der Waals surface area contributed by atoms with Gasteiger partial charge in [0.2, 0.25) is 0 Å². The largest absolute Gasteiger partial charge is 0.356 e. The zero-order valence-electron chi connectivity index (χ0n) is 15.0. The lowest BCUT2D eigenvalue weighted by Gasteiger charge is -2.33. The van der Waals surface area contributed by atoms with Crippen LogP contribution in [0.15, 0.2) is 36.7 Å². The number of benzene rings is 1. The number of piperidine rings is 1. The zero-order valence-corrected chi connectivity index (χ0v) is 15.8. The molecule has 0 bridgehead atoms. The third-order valence-corrected chi connectivity index (χ3v) is 4.68. The van der Waals surface area contributed by atoms with Crippen LogP contribution in [0, 0.1) is 0 Å². The Morgan fingerprint density at radius 3 is 2.54 bits per heavy atom. The molecule has 2 aromatic rings. The highest BCUT2D eigenvalue weighted by atomic mass is 35.5. The Morgan fingerprint density at radius 2 is 1.92 bits per heavy atom. The predicted octanol–water partition coefficient (Wildman–Crippen LogP) is 2.32. The summed E-state index contributed by atoms with van der Waals surface area (Å²) in [4.78, 5) is 23.3. The van der Waals surface area contributed by atoms with Crippen molar-refractivity contribution < 1.29 is 4.79 Å². The Hall–Kier alpha value is -2.18. The third-order valence-electron chi connectivity index (χ3n) is 4.68. The number of amides is 1. The van der Waals surface area contributed by atoms with Gasteiger partial charge in [0.15, 0.2) is 0 Å². The lowest BCUT2D eigenvalue weighted by molar-refractivity contribution is 0.0931. The molecular formula is C19H26ClN5O. The molecule has 0 atom stereocenters. The van der Waals surface area contributed by atoms with Gasteiger partial charge in [0.25, 0.3) is 5.91 Å². The molecule has 1 saturated heterocycles. The number of nitrogens with two attached hydrogens (primary N) is 1. The minimum atomic E-state index is -0.0164. The maximum atomic E-state index is 12.4. The Labute approximate surface area is 160 Å². The number of anilines is 1. The standard InChI is InChI=1S/C19H25N5O.ClH/c1-2-16-11-18(22-13-21-16)24-9-7-17(8-10-24)23-19(25)15-5-3-14(12-20)4-6-15;/h3-6,11,13,17H,2,7-10,12,20H2,1H3,(H,23,25);1H. The van der Waals surface area contributed by atoms with Gasteiger partial charge in [-0.1, -0.05) is 19.1 Å². The number of nitrogens with one attached hydrogen (secondary N) is 1. The Morgan fingerprint density at radius 1 is 1.23 bits per heavy atom. The van der Waals surface area contributed by atoms with Gasteiger partial charge in [-0.15, -0.1) is 12.4 Å². The van der Waals surface area contributed by atoms with Crippen LogP contribution < -0.4 is 16.0 Å². The fourth-order valence-electron chi connectivity index (χ4n) is 3.07. The van der Waals surface area contributed by atoms with E-state index in [-0.39, 0.29) is 24.4 Å². The van der Waals surface area contributed by atoms with Crippen LogP contribution in [0.5, 0.6) is 0 Å². The summed E-state index contributed by atoms with van der Waals surface area (Å²) in [6, 6.07) is 9.72. The molecule has 3 N–H and O–H groups in total. The highest BCUT2D eigenvalue weighted by Gasteiger charge is 2.22. The van der Waals surface area contributed by atoms with Gasteiger partial charge in [-0.2, -0.15) is 0 Å². The molecule has 0 spiro atoms. The van der Waals surface area contributed by atoms with Crippen LogP contribution in [0.4, 0.5) is 5.82 Å². The van der Waals surface area contributed by atoms with Crippen molar-refractivity contribution in [3.05, 3.63) is 53.5 Å². The minimum Gasteiger partial charge on any atom is -0.356 e. The van der Waals surface area contributed by atoms with Crippen LogP contribution in [-0.2, 0) is 13.0 Å². The molecule has 1 aliphatic rings. The monoisotopic (exact) mass is 375 g/mol. The Kier molecular flexibility index (Phi) is 7.36. The first-order chi connectivity index (χ1) is 12.2. The van der Waals surface area contributed by atoms with E-state index in [2.05, 4.69) is 33.2 Å². The second-order valence-electron chi connectivity index (χ2n) is 6.36. The average molecular weight is 376 g/mol. The van der Waals surface area contributed by atoms with Crippen molar-refractivity contribution in [1.29, 1.82) is 0 Å². The molecular weight excluding hydrogens is 350 g/mol. The molecule has 6 nitrogen and oxygen atoms in total. The second-order valence-corrected chi connectivity index (χ2v) is 6.36. The summed E-state index contributed by atoms with van der Waals surface area (Å²) >= 11 is 0. The van der Waals surface area contributed by atoms with E-state index in [0.29, 0.717) is 12.1 Å². The lowest BCUT2D eigenvalue weighted by atomic mass is 10.0. The SMILES string of the molecule is CCc1cc(N2CCC(NC(=O)c3ccc(CN)cc3)CC2)ncn1.Cl. The Balaban J connectivity index is 0.00000243. The minimum absolute atomic E-state index is 0. The molecule has 0 aliphatic carbocycles. The number of carbonyl (C=O) groups excluding carboxylic acids is 1. The van der Waals surface area contributed by atoms with Gasteiger partial charge in [0.1, 0.15) is 12.1 Å². The van der Waals surface area contributed by atoms with E-state index in [1.165, 1.54) is 0 Å². The number of carbonyl (C=O) groups is 1. The van der Waals surface area contributed by atoms with E-state index in [4.69, 9.17) is 5.73 Å². The maximum Gasteiger partial charge on any atom is 0.251 e. The van der Waals surface area contributed by atoms with Crippen LogP contribution in [0.1, 0.15) is 41.4 Å². The maximum absolute atomic E-state index is 12.4. The summed E-state index contributed by atoms with van der Waals surface area (Å²) < 4.78 is 0. The number of nitrogens with zero attached hydrogens (tertiary/aromatic N) is 3. The molecule has 7 heteroatoms. The van der Waals surface area contributed by atoms with Crippen molar-refractivity contribution in [3.63, 3.8) is 0 Å². The summed E-state index contributed by atoms with van der Waals surface area (Å²) in [7, 11) is 0. The predicted molar refractivity (Wildman–Crippen MR) is 106 cm³/mol. The van der Waals surface area contributed by atoms with Crippen molar-refractivity contribution >= 4 is 24.1 Å². The molecule has 0 saturated carbocycles. The van der Waals surface area contributed by atoms with Gasteiger partial charge in [0, 0.05) is 43.0 Å². The highest BCUT2D eigenvalue weighted by Crippen LogP contribution is 2.18. The van der Waals surface area contributed by atoms with Crippen molar-refractivity contribution in [1.82, 2.24) is 15.3 Å². The van der Waals surface area contributed by atoms with Crippen LogP contribution in [0.2, 0.25) is 0 Å². The first kappa shape index (κ1) is 20.1. The molecule has 1 fully saturated rings. The van der Waals surface area contributed by atoms with Crippen molar-refractivity contribution in [2.75, 3.05) is 18.0 Å². The lowest BCUT2D eigenvalue weighted by Crippen LogP contribution is -2.45. The van der Waals surface area contributed by atoms with Crippen LogP contribution >= 0.6 is 12.4 Å². The fraction of sp³-hybridized carbons (Fsp3) is 0.421. The molecule has 140 valence electrons. The summed E-state index contributed by atoms with van der Waals surface area (Å²) in [5.41, 5.74) is 8.36. The fourth-order valence-corrected chi connectivity index (χ4v) is 3.07. The van der Waals surface area contributed by atoms with Gasteiger partial charge in [-0.05, 0) is 37.0 Å². The molecule has 1 aromatic heterocycles. The molecule has 1 amide bonds. The quantitative estimate of drug-likeness (QED) is 0.837. The Bertz CT molecular complexity index is 714. The molecule has 2 heterocycles. The molecule has 3 rings (SSSR count). The molecule has 1 aromatic carbocycles. The smallest absolute Gasteiger partial charge is 0.251 e. The van der Waals surface area contributed by atoms with E-state index in [1.54, 1.807) is 6.33 Å². The summed E-state index contributed by atoms with van der Waals surface area (Å²) in [6.07, 6.45) is 4.37. The number of hydrogen-bond acceptors (Lipinski definition) is 5. The summed E-state index contributed by atoms with van der Waals surface area (Å²) in [6.45, 7) is 4.35. The summed E-state index contributed by atoms with van der Waals surface area (Å²) in [5, 5.41) is 3.14. The van der Waals surface area contributed by atoms with Crippen LogP contribution in [0.3, 0.4) is 0 Å². The van der Waals surface area contributed by atoms with Crippen molar-refractivity contribution in [3.8, 4) is 0 Å². The van der Waals surface area contributed by atoms with E-state index < -0.39 is 0 Å². The zero-order chi connectivity index (χ0) is 17.6. The topological polar surface area (TPSA) is 84.1 Å². The van der Waals surface area contributed by atoms with Gasteiger partial charge in [0.05, 0.1) is 0 Å². The summed E-state index contributed by atoms with van der Waals surface area (Å²) in [5.74, 6) is 0.964. The number of rotatable bonds is 5. The number of hydrogen-bond donors (Lipinski definition) is 2. The molecule has 1 aliphatic heterocycles. The molecule has 0 unspecified atom stereocenters. The van der Waals surface area contributed by atoms with Crippen LogP contribution in [0.25, 0.3) is 0 Å². The first-order valence-electron chi connectivity index (χ1n) is 8.85. The van der Waals surface area contributed by atoms with E-state index >= 15 is 0 Å². The average Bonchev–Trinajstić information content (AvgIpc) is 2.68. The van der Waals surface area contributed by atoms with E-state index in [0.717, 1.165) is 49.4 Å². The second kappa shape index (κ2) is 9.50. The molecule has 0 radical (unpaired) electrons. The normalized spacial score (nSPS) is 14.6. The van der Waals surface area contributed by atoms with Crippen molar-refractivity contribution in [2.24, 2.45) is 5.73 Å². The third kappa shape index (κ3) is 4.93. The van der Waals surface area contributed by atoms with E-state index in [9.17, 15) is 4.79 Å². The van der Waals surface area contributed by atoms with Crippen LogP contribution in [-0.4, -0.2) is 35.0 Å². The number of aromatic nitrogens is 2. The number of halogens is 1. The van der Waals surface area contributed by atoms with E-state index in [1.807, 2.05) is 24.3 Å². The van der Waals surface area contributed by atoms with Gasteiger partial charge < -0.3 is 16.0 Å². The highest BCUT2D eigenvalue weighted by molar-refractivity contribution is 5.94. The van der Waals surface area contributed by atoms with Gasteiger partial charge in [-0.3, -0.25) is 4.79 Å². The molecule has 26 heavy (non-hydrogen) atoms. The first-order valence-corrected chi connectivity index (χ1v) is 8.85.